The molecule has 0 saturated carbocycles. The summed E-state index contributed by atoms with van der Waals surface area (Å²) in [6.07, 6.45) is 3.92. The second-order valence-electron chi connectivity index (χ2n) is 9.08. The molecule has 1 aromatic heterocycles. The molecule has 8 heteroatoms. The van der Waals surface area contributed by atoms with E-state index in [1.165, 1.54) is 5.69 Å². The molecule has 0 unspecified atom stereocenters. The van der Waals surface area contributed by atoms with Gasteiger partial charge in [0.15, 0.2) is 0 Å². The van der Waals surface area contributed by atoms with Gasteiger partial charge in [-0.05, 0) is 42.8 Å². The van der Waals surface area contributed by atoms with E-state index >= 15 is 0 Å². The summed E-state index contributed by atoms with van der Waals surface area (Å²) < 4.78 is 0. The van der Waals surface area contributed by atoms with Gasteiger partial charge in [-0.2, -0.15) is 0 Å². The fourth-order valence-electron chi connectivity index (χ4n) is 4.78. The number of hydrogen-bond donors (Lipinski definition) is 2. The van der Waals surface area contributed by atoms with Crippen molar-refractivity contribution < 1.29 is 9.90 Å². The molecule has 0 radical (unpaired) electrons. The van der Waals surface area contributed by atoms with Crippen molar-refractivity contribution in [2.75, 3.05) is 56.0 Å². The monoisotopic (exact) mass is 458 g/mol. The van der Waals surface area contributed by atoms with Crippen molar-refractivity contribution in [2.24, 2.45) is 0 Å². The van der Waals surface area contributed by atoms with Gasteiger partial charge >= 0.3 is 0 Å². The molecular formula is C26H30N6O2. The molecule has 8 nitrogen and oxygen atoms in total. The third-order valence-corrected chi connectivity index (χ3v) is 6.56. The van der Waals surface area contributed by atoms with E-state index in [1.807, 2.05) is 18.2 Å². The first kappa shape index (κ1) is 22.3. The van der Waals surface area contributed by atoms with E-state index in [-0.39, 0.29) is 5.91 Å². The van der Waals surface area contributed by atoms with Gasteiger partial charge in [0.2, 0.25) is 5.95 Å². The largest absolute Gasteiger partial charge is 0.387 e. The Morgan fingerprint density at radius 2 is 1.71 bits per heavy atom. The van der Waals surface area contributed by atoms with E-state index in [2.05, 4.69) is 49.4 Å². The van der Waals surface area contributed by atoms with Crippen LogP contribution in [0.3, 0.4) is 0 Å². The van der Waals surface area contributed by atoms with Crippen molar-refractivity contribution >= 4 is 23.2 Å². The smallest absolute Gasteiger partial charge is 0.254 e. The second kappa shape index (κ2) is 9.79. The van der Waals surface area contributed by atoms with Crippen LogP contribution in [0.25, 0.3) is 0 Å². The molecule has 0 aliphatic carbocycles. The number of likely N-dealkylation sites (tertiary alicyclic amines) is 1. The Balaban J connectivity index is 1.16. The van der Waals surface area contributed by atoms with Crippen molar-refractivity contribution in [1.82, 2.24) is 19.8 Å². The van der Waals surface area contributed by atoms with Crippen LogP contribution in [0, 0.1) is 0 Å². The van der Waals surface area contributed by atoms with Gasteiger partial charge in [-0.3, -0.25) is 9.69 Å². The molecule has 2 aliphatic rings. The molecule has 2 aromatic carbocycles. The lowest BCUT2D eigenvalue weighted by molar-refractivity contribution is 0.0103. The van der Waals surface area contributed by atoms with E-state index < -0.39 is 5.60 Å². The number of rotatable bonds is 6. The zero-order valence-corrected chi connectivity index (χ0v) is 19.2. The maximum Gasteiger partial charge on any atom is 0.254 e. The van der Waals surface area contributed by atoms with Gasteiger partial charge in [-0.15, -0.1) is 0 Å². The molecule has 1 atom stereocenters. The molecule has 2 saturated heterocycles. The lowest BCUT2D eigenvalue weighted by Crippen LogP contribution is -2.53. The van der Waals surface area contributed by atoms with Crippen molar-refractivity contribution in [3.05, 3.63) is 78.6 Å². The zero-order chi connectivity index (χ0) is 23.4. The van der Waals surface area contributed by atoms with Gasteiger partial charge in [0.05, 0.1) is 12.1 Å². The molecule has 34 heavy (non-hydrogen) atoms. The number of amides is 1. The predicted octanol–water partition coefficient (Wildman–Crippen LogP) is 2.62. The number of para-hydroxylation sites is 1. The number of anilines is 3. The Morgan fingerprint density at radius 1 is 0.941 bits per heavy atom. The number of aliphatic hydroxyl groups is 1. The van der Waals surface area contributed by atoms with E-state index in [9.17, 15) is 9.90 Å². The molecule has 0 bridgehead atoms. The topological polar surface area (TPSA) is 84.8 Å². The number of carbonyl (C=O) groups is 1. The number of nitrogens with one attached hydrogen (secondary N) is 1. The van der Waals surface area contributed by atoms with Crippen LogP contribution in [0.1, 0.15) is 16.8 Å². The van der Waals surface area contributed by atoms with Crippen molar-refractivity contribution in [3.8, 4) is 0 Å². The summed E-state index contributed by atoms with van der Waals surface area (Å²) >= 11 is 0. The van der Waals surface area contributed by atoms with Gasteiger partial charge in [0, 0.05) is 68.6 Å². The van der Waals surface area contributed by atoms with Gasteiger partial charge < -0.3 is 20.2 Å². The molecule has 2 aliphatic heterocycles. The standard InChI is InChI=1S/C26H30N6O2/c33-24(21-6-4-7-22(18-21)29-25-27-11-5-12-28-25)32-13-10-26(34,20-32)19-30-14-16-31(17-15-30)23-8-2-1-3-9-23/h1-9,11-12,18,34H,10,13-17,19-20H2,(H,27,28,29)/t26-/m1/s1. The SMILES string of the molecule is O=C(c1cccc(Nc2ncccn2)c1)N1CC[C@@](O)(CN2CCN(c3ccccc3)CC2)C1. The molecule has 2 fully saturated rings. The Bertz CT molecular complexity index is 1100. The summed E-state index contributed by atoms with van der Waals surface area (Å²) in [5.74, 6) is 0.414. The van der Waals surface area contributed by atoms with Crippen LogP contribution in [-0.2, 0) is 0 Å². The normalized spacial score (nSPS) is 21.0. The first-order chi connectivity index (χ1) is 16.6. The molecule has 1 amide bonds. The minimum absolute atomic E-state index is 0.0672. The lowest BCUT2D eigenvalue weighted by Gasteiger charge is -2.39. The van der Waals surface area contributed by atoms with E-state index in [0.29, 0.717) is 37.6 Å². The summed E-state index contributed by atoms with van der Waals surface area (Å²) in [5.41, 5.74) is 1.71. The Kier molecular flexibility index (Phi) is 6.42. The Labute approximate surface area is 199 Å². The number of nitrogens with zero attached hydrogens (tertiary/aromatic N) is 5. The number of β-amino-alcohol motifs (C(OH)–C–C–N with tert-alkyl or cyclic N) is 1. The Morgan fingerprint density at radius 3 is 2.47 bits per heavy atom. The first-order valence-electron chi connectivity index (χ1n) is 11.8. The van der Waals surface area contributed by atoms with Crippen molar-refractivity contribution in [1.29, 1.82) is 0 Å². The van der Waals surface area contributed by atoms with Crippen LogP contribution in [0.2, 0.25) is 0 Å². The number of hydrogen-bond acceptors (Lipinski definition) is 7. The maximum atomic E-state index is 13.2. The van der Waals surface area contributed by atoms with Crippen LogP contribution in [0.5, 0.6) is 0 Å². The number of piperazine rings is 1. The summed E-state index contributed by atoms with van der Waals surface area (Å²) in [4.78, 5) is 28.0. The fraction of sp³-hybridized carbons (Fsp3) is 0.346. The second-order valence-corrected chi connectivity index (χ2v) is 9.08. The predicted molar refractivity (Wildman–Crippen MR) is 132 cm³/mol. The quantitative estimate of drug-likeness (QED) is 0.587. The average molecular weight is 459 g/mol. The van der Waals surface area contributed by atoms with Crippen LogP contribution in [-0.4, -0.2) is 82.2 Å². The lowest BCUT2D eigenvalue weighted by atomic mass is 10.0. The summed E-state index contributed by atoms with van der Waals surface area (Å²) in [6, 6.07) is 19.5. The highest BCUT2D eigenvalue weighted by atomic mass is 16.3. The summed E-state index contributed by atoms with van der Waals surface area (Å²) in [6.45, 7) is 5.18. The molecule has 5 rings (SSSR count). The molecule has 176 valence electrons. The molecule has 2 N–H and O–H groups in total. The number of benzene rings is 2. The third-order valence-electron chi connectivity index (χ3n) is 6.56. The van der Waals surface area contributed by atoms with Gasteiger partial charge in [-0.1, -0.05) is 24.3 Å². The van der Waals surface area contributed by atoms with Crippen LogP contribution in [0.15, 0.2) is 73.1 Å². The van der Waals surface area contributed by atoms with Gasteiger partial charge in [0.25, 0.3) is 5.91 Å². The highest BCUT2D eigenvalue weighted by molar-refractivity contribution is 5.95. The molecule has 3 heterocycles. The highest BCUT2D eigenvalue weighted by Gasteiger charge is 2.40. The molecule has 3 aromatic rings. The fourth-order valence-corrected chi connectivity index (χ4v) is 4.78. The summed E-state index contributed by atoms with van der Waals surface area (Å²) in [5, 5.41) is 14.4. The van der Waals surface area contributed by atoms with Crippen LogP contribution in [0.4, 0.5) is 17.3 Å². The first-order valence-corrected chi connectivity index (χ1v) is 11.8. The van der Waals surface area contributed by atoms with Crippen LogP contribution < -0.4 is 10.2 Å². The number of carbonyl (C=O) groups excluding carboxylic acids is 1. The average Bonchev–Trinajstić information content (AvgIpc) is 3.27. The molecular weight excluding hydrogens is 428 g/mol. The van der Waals surface area contributed by atoms with Crippen molar-refractivity contribution in [3.63, 3.8) is 0 Å². The minimum atomic E-state index is -0.877. The maximum absolute atomic E-state index is 13.2. The van der Waals surface area contributed by atoms with Gasteiger partial charge in [-0.25, -0.2) is 9.97 Å². The van der Waals surface area contributed by atoms with Crippen molar-refractivity contribution in [2.45, 2.75) is 12.0 Å². The Hall–Kier alpha value is -3.49. The van der Waals surface area contributed by atoms with Gasteiger partial charge in [0.1, 0.15) is 0 Å². The molecule has 0 spiro atoms. The van der Waals surface area contributed by atoms with E-state index in [0.717, 1.165) is 31.9 Å². The van der Waals surface area contributed by atoms with Crippen LogP contribution >= 0.6 is 0 Å². The van der Waals surface area contributed by atoms with E-state index in [1.54, 1.807) is 35.5 Å². The third kappa shape index (κ3) is 5.18. The zero-order valence-electron chi connectivity index (χ0n) is 19.2. The minimum Gasteiger partial charge on any atom is -0.387 e. The highest BCUT2D eigenvalue weighted by Crippen LogP contribution is 2.26. The summed E-state index contributed by atoms with van der Waals surface area (Å²) in [7, 11) is 0. The number of aromatic nitrogens is 2. The van der Waals surface area contributed by atoms with E-state index in [4.69, 9.17) is 0 Å².